The predicted molar refractivity (Wildman–Crippen MR) is 76.0 cm³/mol. The second-order valence-corrected chi connectivity index (χ2v) is 5.27. The number of carbonyl (C=O) groups is 1. The summed E-state index contributed by atoms with van der Waals surface area (Å²) >= 11 is 0. The molecule has 4 heteroatoms. The van der Waals surface area contributed by atoms with Crippen LogP contribution in [-0.2, 0) is 4.79 Å². The summed E-state index contributed by atoms with van der Waals surface area (Å²) in [5.41, 5.74) is 0.535. The quantitative estimate of drug-likeness (QED) is 0.759. The lowest BCUT2D eigenvalue weighted by atomic mass is 9.82. The van der Waals surface area contributed by atoms with E-state index in [2.05, 4.69) is 10.6 Å². The highest BCUT2D eigenvalue weighted by Gasteiger charge is 2.32. The highest BCUT2D eigenvalue weighted by molar-refractivity contribution is 5.81. The Morgan fingerprint density at radius 2 is 1.84 bits per heavy atom. The molecule has 104 valence electrons. The van der Waals surface area contributed by atoms with E-state index in [0.29, 0.717) is 0 Å². The summed E-state index contributed by atoms with van der Waals surface area (Å²) in [6.07, 6.45) is 5.10. The fourth-order valence-electron chi connectivity index (χ4n) is 2.63. The van der Waals surface area contributed by atoms with E-state index in [1.807, 2.05) is 30.3 Å². The van der Waals surface area contributed by atoms with Crippen molar-refractivity contribution in [3.63, 3.8) is 0 Å². The fourth-order valence-corrected chi connectivity index (χ4v) is 2.63. The van der Waals surface area contributed by atoms with E-state index in [9.17, 15) is 9.90 Å². The molecule has 1 amide bonds. The molecule has 0 heterocycles. The first kappa shape index (κ1) is 13.9. The molecule has 2 rings (SSSR count). The van der Waals surface area contributed by atoms with Gasteiger partial charge in [-0.05, 0) is 25.0 Å². The van der Waals surface area contributed by atoms with Gasteiger partial charge in [0.25, 0.3) is 0 Å². The number of nitrogens with one attached hydrogen (secondary N) is 2. The van der Waals surface area contributed by atoms with Gasteiger partial charge in [-0.2, -0.15) is 0 Å². The van der Waals surface area contributed by atoms with Gasteiger partial charge in [0.15, 0.2) is 0 Å². The van der Waals surface area contributed by atoms with Crippen LogP contribution in [-0.4, -0.2) is 29.7 Å². The molecular formula is C15H22N2O2. The number of amides is 1. The average molecular weight is 262 g/mol. The van der Waals surface area contributed by atoms with Crippen LogP contribution < -0.4 is 10.6 Å². The highest BCUT2D eigenvalue weighted by atomic mass is 16.3. The number of aliphatic hydroxyl groups is 1. The lowest BCUT2D eigenvalue weighted by Gasteiger charge is -2.36. The molecule has 19 heavy (non-hydrogen) atoms. The van der Waals surface area contributed by atoms with Gasteiger partial charge in [-0.1, -0.05) is 37.5 Å². The molecule has 0 bridgehead atoms. The standard InChI is InChI=1S/C15H22N2O2/c18-12-15(9-5-2-6-10-15)17-14(19)11-16-13-7-3-1-4-8-13/h1,3-4,7-8,16,18H,2,5-6,9-12H2,(H,17,19). The molecule has 4 nitrogen and oxygen atoms in total. The Morgan fingerprint density at radius 1 is 1.16 bits per heavy atom. The van der Waals surface area contributed by atoms with Crippen LogP contribution in [0.5, 0.6) is 0 Å². The van der Waals surface area contributed by atoms with Crippen LogP contribution in [0.1, 0.15) is 32.1 Å². The van der Waals surface area contributed by atoms with Crippen molar-refractivity contribution in [2.45, 2.75) is 37.6 Å². The normalized spacial score (nSPS) is 17.7. The number of benzene rings is 1. The van der Waals surface area contributed by atoms with Crippen molar-refractivity contribution >= 4 is 11.6 Å². The summed E-state index contributed by atoms with van der Waals surface area (Å²) in [5.74, 6) is -0.0557. The zero-order valence-electron chi connectivity index (χ0n) is 11.2. The van der Waals surface area contributed by atoms with E-state index in [1.54, 1.807) is 0 Å². The van der Waals surface area contributed by atoms with Gasteiger partial charge in [0.05, 0.1) is 18.7 Å². The third kappa shape index (κ3) is 3.96. The third-order valence-corrected chi connectivity index (χ3v) is 3.74. The number of hydrogen-bond donors (Lipinski definition) is 3. The fraction of sp³-hybridized carbons (Fsp3) is 0.533. The second-order valence-electron chi connectivity index (χ2n) is 5.27. The number of para-hydroxylation sites is 1. The molecule has 0 saturated heterocycles. The summed E-state index contributed by atoms with van der Waals surface area (Å²) in [7, 11) is 0. The molecule has 1 aromatic carbocycles. The largest absolute Gasteiger partial charge is 0.394 e. The van der Waals surface area contributed by atoms with E-state index in [-0.39, 0.29) is 19.1 Å². The Kier molecular flexibility index (Phi) is 4.80. The zero-order chi connectivity index (χ0) is 13.6. The van der Waals surface area contributed by atoms with Crippen molar-refractivity contribution in [1.29, 1.82) is 0 Å². The molecule has 1 fully saturated rings. The van der Waals surface area contributed by atoms with Crippen LogP contribution in [0.15, 0.2) is 30.3 Å². The summed E-state index contributed by atoms with van der Waals surface area (Å²) in [4.78, 5) is 12.0. The number of hydrogen-bond acceptors (Lipinski definition) is 3. The second kappa shape index (κ2) is 6.57. The zero-order valence-corrected chi connectivity index (χ0v) is 11.2. The van der Waals surface area contributed by atoms with Gasteiger partial charge in [0.1, 0.15) is 0 Å². The number of anilines is 1. The van der Waals surface area contributed by atoms with Gasteiger partial charge in [-0.3, -0.25) is 4.79 Å². The maximum atomic E-state index is 12.0. The van der Waals surface area contributed by atoms with Crippen molar-refractivity contribution in [1.82, 2.24) is 5.32 Å². The van der Waals surface area contributed by atoms with E-state index >= 15 is 0 Å². The molecule has 1 aliphatic rings. The van der Waals surface area contributed by atoms with E-state index < -0.39 is 5.54 Å². The summed E-state index contributed by atoms with van der Waals surface area (Å²) in [5, 5.41) is 15.6. The van der Waals surface area contributed by atoms with E-state index in [1.165, 1.54) is 6.42 Å². The van der Waals surface area contributed by atoms with E-state index in [0.717, 1.165) is 31.4 Å². The molecule has 1 saturated carbocycles. The van der Waals surface area contributed by atoms with Gasteiger partial charge < -0.3 is 15.7 Å². The van der Waals surface area contributed by atoms with Gasteiger partial charge in [-0.25, -0.2) is 0 Å². The van der Waals surface area contributed by atoms with Crippen LogP contribution >= 0.6 is 0 Å². The number of aliphatic hydroxyl groups excluding tert-OH is 1. The van der Waals surface area contributed by atoms with Crippen LogP contribution in [0.25, 0.3) is 0 Å². The van der Waals surface area contributed by atoms with Crippen molar-refractivity contribution in [2.75, 3.05) is 18.5 Å². The van der Waals surface area contributed by atoms with Gasteiger partial charge in [0, 0.05) is 5.69 Å². The average Bonchev–Trinajstić information content (AvgIpc) is 2.47. The minimum Gasteiger partial charge on any atom is -0.394 e. The Morgan fingerprint density at radius 3 is 2.47 bits per heavy atom. The molecule has 0 spiro atoms. The van der Waals surface area contributed by atoms with Crippen LogP contribution in [0.4, 0.5) is 5.69 Å². The molecule has 0 unspecified atom stereocenters. The molecular weight excluding hydrogens is 240 g/mol. The molecule has 3 N–H and O–H groups in total. The highest BCUT2D eigenvalue weighted by Crippen LogP contribution is 2.27. The first-order valence-electron chi connectivity index (χ1n) is 6.95. The van der Waals surface area contributed by atoms with Crippen molar-refractivity contribution in [3.8, 4) is 0 Å². The van der Waals surface area contributed by atoms with Gasteiger partial charge in [-0.15, -0.1) is 0 Å². The smallest absolute Gasteiger partial charge is 0.239 e. The molecule has 0 atom stereocenters. The maximum Gasteiger partial charge on any atom is 0.239 e. The van der Waals surface area contributed by atoms with Gasteiger partial charge in [0.2, 0.25) is 5.91 Å². The Hall–Kier alpha value is -1.55. The SMILES string of the molecule is O=C(CNc1ccccc1)NC1(CO)CCCCC1. The van der Waals surface area contributed by atoms with Crippen LogP contribution in [0.2, 0.25) is 0 Å². The van der Waals surface area contributed by atoms with Crippen LogP contribution in [0, 0.1) is 0 Å². The van der Waals surface area contributed by atoms with Crippen LogP contribution in [0.3, 0.4) is 0 Å². The molecule has 1 aromatic rings. The topological polar surface area (TPSA) is 61.4 Å². The third-order valence-electron chi connectivity index (χ3n) is 3.74. The number of carbonyl (C=O) groups excluding carboxylic acids is 1. The monoisotopic (exact) mass is 262 g/mol. The minimum absolute atomic E-state index is 0.0318. The molecule has 0 radical (unpaired) electrons. The molecule has 1 aliphatic carbocycles. The van der Waals surface area contributed by atoms with Gasteiger partial charge >= 0.3 is 0 Å². The van der Waals surface area contributed by atoms with E-state index in [4.69, 9.17) is 0 Å². The summed E-state index contributed by atoms with van der Waals surface area (Å²) in [6.45, 7) is 0.274. The predicted octanol–water partition coefficient (Wildman–Crippen LogP) is 1.91. The minimum atomic E-state index is -0.395. The Labute approximate surface area is 114 Å². The summed E-state index contributed by atoms with van der Waals surface area (Å²) in [6, 6.07) is 9.65. The number of rotatable bonds is 5. The first-order valence-corrected chi connectivity index (χ1v) is 6.95. The van der Waals surface area contributed by atoms with Crippen molar-refractivity contribution < 1.29 is 9.90 Å². The van der Waals surface area contributed by atoms with Crippen molar-refractivity contribution in [2.24, 2.45) is 0 Å². The summed E-state index contributed by atoms with van der Waals surface area (Å²) < 4.78 is 0. The Balaban J connectivity index is 1.83. The lowest BCUT2D eigenvalue weighted by Crippen LogP contribution is -2.53. The Bertz CT molecular complexity index is 400. The lowest BCUT2D eigenvalue weighted by molar-refractivity contribution is -0.122. The van der Waals surface area contributed by atoms with Crippen molar-refractivity contribution in [3.05, 3.63) is 30.3 Å². The molecule has 0 aromatic heterocycles. The first-order chi connectivity index (χ1) is 9.24. The maximum absolute atomic E-state index is 12.0. The molecule has 0 aliphatic heterocycles.